The van der Waals surface area contributed by atoms with Crippen molar-refractivity contribution in [1.29, 1.82) is 0 Å². The standard InChI is InChI=1S/C18H20O4/c1-20-13-22-18-10-7-15(11-16(18)12-19)4-3-14-5-8-17(21-2)9-6-14/h5-12H,3-4,13H2,1-2H3. The molecule has 0 aliphatic heterocycles. The molecule has 0 aliphatic carbocycles. The van der Waals surface area contributed by atoms with Crippen molar-refractivity contribution >= 4 is 6.29 Å². The monoisotopic (exact) mass is 300 g/mol. The third-order valence-electron chi connectivity index (χ3n) is 3.39. The largest absolute Gasteiger partial charge is 0.497 e. The second kappa shape index (κ2) is 8.20. The maximum absolute atomic E-state index is 11.2. The van der Waals surface area contributed by atoms with Crippen LogP contribution < -0.4 is 9.47 Å². The molecule has 0 saturated heterocycles. The average molecular weight is 300 g/mol. The SMILES string of the molecule is COCOc1ccc(CCc2ccc(OC)cc2)cc1C=O. The Balaban J connectivity index is 2.01. The zero-order valence-corrected chi connectivity index (χ0v) is 12.9. The molecule has 4 heteroatoms. The second-order valence-electron chi connectivity index (χ2n) is 4.89. The summed E-state index contributed by atoms with van der Waals surface area (Å²) in [4.78, 5) is 11.2. The lowest BCUT2D eigenvalue weighted by Crippen LogP contribution is -2.02. The van der Waals surface area contributed by atoms with E-state index in [1.807, 2.05) is 30.3 Å². The van der Waals surface area contributed by atoms with Gasteiger partial charge in [0.2, 0.25) is 0 Å². The van der Waals surface area contributed by atoms with E-state index in [2.05, 4.69) is 12.1 Å². The number of aryl methyl sites for hydroxylation is 2. The number of carbonyl (C=O) groups is 1. The average Bonchev–Trinajstić information content (AvgIpc) is 2.58. The molecule has 22 heavy (non-hydrogen) atoms. The highest BCUT2D eigenvalue weighted by Gasteiger charge is 2.05. The van der Waals surface area contributed by atoms with Crippen LogP contribution in [0.25, 0.3) is 0 Å². The maximum Gasteiger partial charge on any atom is 0.188 e. The Morgan fingerprint density at radius 2 is 1.64 bits per heavy atom. The molecule has 0 bridgehead atoms. The van der Waals surface area contributed by atoms with Gasteiger partial charge < -0.3 is 14.2 Å². The van der Waals surface area contributed by atoms with E-state index in [0.29, 0.717) is 11.3 Å². The van der Waals surface area contributed by atoms with Crippen molar-refractivity contribution in [3.05, 3.63) is 59.2 Å². The number of aldehydes is 1. The molecule has 2 rings (SSSR count). The molecule has 0 aliphatic rings. The van der Waals surface area contributed by atoms with E-state index >= 15 is 0 Å². The van der Waals surface area contributed by atoms with E-state index in [1.54, 1.807) is 14.2 Å². The van der Waals surface area contributed by atoms with Crippen LogP contribution in [0.5, 0.6) is 11.5 Å². The molecule has 0 radical (unpaired) electrons. The van der Waals surface area contributed by atoms with Crippen LogP contribution in [0, 0.1) is 0 Å². The summed E-state index contributed by atoms with van der Waals surface area (Å²) in [5.74, 6) is 1.40. The van der Waals surface area contributed by atoms with Gasteiger partial charge in [-0.05, 0) is 48.2 Å². The van der Waals surface area contributed by atoms with E-state index in [9.17, 15) is 4.79 Å². The predicted molar refractivity (Wildman–Crippen MR) is 84.7 cm³/mol. The first-order valence-corrected chi connectivity index (χ1v) is 7.09. The number of benzene rings is 2. The molecule has 0 atom stereocenters. The molecule has 0 fully saturated rings. The molecule has 0 unspecified atom stereocenters. The molecule has 0 saturated carbocycles. The van der Waals surface area contributed by atoms with Crippen LogP contribution in [0.2, 0.25) is 0 Å². The minimum Gasteiger partial charge on any atom is -0.497 e. The van der Waals surface area contributed by atoms with Gasteiger partial charge in [0, 0.05) is 7.11 Å². The summed E-state index contributed by atoms with van der Waals surface area (Å²) in [6.45, 7) is 0.131. The van der Waals surface area contributed by atoms with Crippen molar-refractivity contribution in [3.63, 3.8) is 0 Å². The normalized spacial score (nSPS) is 10.3. The number of hydrogen-bond donors (Lipinski definition) is 0. The number of rotatable bonds is 8. The molecule has 0 heterocycles. The van der Waals surface area contributed by atoms with Crippen LogP contribution >= 0.6 is 0 Å². The Hall–Kier alpha value is -2.33. The van der Waals surface area contributed by atoms with Gasteiger partial charge in [0.25, 0.3) is 0 Å². The first kappa shape index (κ1) is 16.0. The lowest BCUT2D eigenvalue weighted by molar-refractivity contribution is 0.0505. The molecule has 4 nitrogen and oxygen atoms in total. The van der Waals surface area contributed by atoms with Gasteiger partial charge in [0.15, 0.2) is 13.1 Å². The Morgan fingerprint density at radius 3 is 2.27 bits per heavy atom. The van der Waals surface area contributed by atoms with Crippen molar-refractivity contribution in [3.8, 4) is 11.5 Å². The van der Waals surface area contributed by atoms with E-state index in [0.717, 1.165) is 30.4 Å². The quantitative estimate of drug-likeness (QED) is 0.554. The molecule has 2 aromatic carbocycles. The molecule has 0 spiro atoms. The molecular formula is C18H20O4. The summed E-state index contributed by atoms with van der Waals surface area (Å²) in [6.07, 6.45) is 2.57. The summed E-state index contributed by atoms with van der Waals surface area (Å²) in [6, 6.07) is 13.7. The van der Waals surface area contributed by atoms with Crippen LogP contribution in [-0.4, -0.2) is 27.3 Å². The van der Waals surface area contributed by atoms with Crippen molar-refractivity contribution in [1.82, 2.24) is 0 Å². The lowest BCUT2D eigenvalue weighted by Gasteiger charge is -2.09. The number of ether oxygens (including phenoxy) is 3. The topological polar surface area (TPSA) is 44.8 Å². The Bertz CT molecular complexity index is 605. The summed E-state index contributed by atoms with van der Waals surface area (Å²) >= 11 is 0. The van der Waals surface area contributed by atoms with Gasteiger partial charge in [0.05, 0.1) is 12.7 Å². The third kappa shape index (κ3) is 4.33. The van der Waals surface area contributed by atoms with Gasteiger partial charge in [-0.25, -0.2) is 0 Å². The fourth-order valence-corrected chi connectivity index (χ4v) is 2.18. The lowest BCUT2D eigenvalue weighted by atomic mass is 10.0. The maximum atomic E-state index is 11.2. The van der Waals surface area contributed by atoms with Crippen LogP contribution in [0.1, 0.15) is 21.5 Å². The summed E-state index contributed by atoms with van der Waals surface area (Å²) in [5.41, 5.74) is 2.88. The van der Waals surface area contributed by atoms with Crippen molar-refractivity contribution in [2.75, 3.05) is 21.0 Å². The highest BCUT2D eigenvalue weighted by Crippen LogP contribution is 2.20. The minimum atomic E-state index is 0.131. The smallest absolute Gasteiger partial charge is 0.188 e. The van der Waals surface area contributed by atoms with Gasteiger partial charge >= 0.3 is 0 Å². The van der Waals surface area contributed by atoms with Gasteiger partial charge in [-0.2, -0.15) is 0 Å². The van der Waals surface area contributed by atoms with E-state index < -0.39 is 0 Å². The van der Waals surface area contributed by atoms with Gasteiger partial charge in [0.1, 0.15) is 11.5 Å². The number of methoxy groups -OCH3 is 2. The first-order chi connectivity index (χ1) is 10.8. The van der Waals surface area contributed by atoms with E-state index in [-0.39, 0.29) is 6.79 Å². The molecule has 2 aromatic rings. The van der Waals surface area contributed by atoms with Crippen LogP contribution in [0.4, 0.5) is 0 Å². The summed E-state index contributed by atoms with van der Waals surface area (Å²) in [5, 5.41) is 0. The Kier molecular flexibility index (Phi) is 5.98. The van der Waals surface area contributed by atoms with Gasteiger partial charge in [-0.15, -0.1) is 0 Å². The van der Waals surface area contributed by atoms with Crippen LogP contribution in [0.3, 0.4) is 0 Å². The molecule has 0 aromatic heterocycles. The van der Waals surface area contributed by atoms with Crippen molar-refractivity contribution in [2.24, 2.45) is 0 Å². The second-order valence-corrected chi connectivity index (χ2v) is 4.89. The number of carbonyl (C=O) groups excluding carboxylic acids is 1. The number of hydrogen-bond acceptors (Lipinski definition) is 4. The van der Waals surface area contributed by atoms with Crippen molar-refractivity contribution < 1.29 is 19.0 Å². The minimum absolute atomic E-state index is 0.131. The van der Waals surface area contributed by atoms with Gasteiger partial charge in [-0.3, -0.25) is 4.79 Å². The summed E-state index contributed by atoms with van der Waals surface area (Å²) in [7, 11) is 3.20. The highest BCUT2D eigenvalue weighted by molar-refractivity contribution is 5.79. The molecule has 0 amide bonds. The molecule has 116 valence electrons. The van der Waals surface area contributed by atoms with Crippen LogP contribution in [0.15, 0.2) is 42.5 Å². The first-order valence-electron chi connectivity index (χ1n) is 7.09. The zero-order chi connectivity index (χ0) is 15.8. The summed E-state index contributed by atoms with van der Waals surface area (Å²) < 4.78 is 15.3. The Morgan fingerprint density at radius 1 is 0.955 bits per heavy atom. The van der Waals surface area contributed by atoms with Gasteiger partial charge in [-0.1, -0.05) is 18.2 Å². The third-order valence-corrected chi connectivity index (χ3v) is 3.39. The van der Waals surface area contributed by atoms with E-state index in [4.69, 9.17) is 14.2 Å². The molecule has 0 N–H and O–H groups in total. The fraction of sp³-hybridized carbons (Fsp3) is 0.278. The van der Waals surface area contributed by atoms with Crippen molar-refractivity contribution in [2.45, 2.75) is 12.8 Å². The Labute approximate surface area is 130 Å². The predicted octanol–water partition coefficient (Wildman–Crippen LogP) is 3.28. The van der Waals surface area contributed by atoms with Crippen LogP contribution in [-0.2, 0) is 17.6 Å². The highest BCUT2D eigenvalue weighted by atomic mass is 16.7. The van der Waals surface area contributed by atoms with E-state index in [1.165, 1.54) is 5.56 Å². The zero-order valence-electron chi connectivity index (χ0n) is 12.9. The fourth-order valence-electron chi connectivity index (χ4n) is 2.18. The molecular weight excluding hydrogens is 280 g/mol.